The number of amides is 1. The highest BCUT2D eigenvalue weighted by atomic mass is 32.2. The minimum absolute atomic E-state index is 0.0123. The molecule has 136 valence electrons. The van der Waals surface area contributed by atoms with Gasteiger partial charge in [-0.1, -0.05) is 24.3 Å². The molecule has 3 rings (SSSR count). The molecule has 2 aliphatic rings. The summed E-state index contributed by atoms with van der Waals surface area (Å²) in [6, 6.07) is 5.32. The first-order valence-corrected chi connectivity index (χ1v) is 9.17. The second-order valence-electron chi connectivity index (χ2n) is 5.84. The van der Waals surface area contributed by atoms with Gasteiger partial charge in [-0.15, -0.1) is 10.2 Å². The lowest BCUT2D eigenvalue weighted by Crippen LogP contribution is -2.51. The minimum Gasteiger partial charge on any atom is -0.351 e. The molecule has 1 aromatic carbocycles. The van der Waals surface area contributed by atoms with E-state index in [4.69, 9.17) is 0 Å². The smallest absolute Gasteiger partial charge is 0.351 e. The Balaban J connectivity index is 1.62. The molecule has 1 saturated heterocycles. The quantitative estimate of drug-likeness (QED) is 0.814. The zero-order valence-electron chi connectivity index (χ0n) is 12.9. The van der Waals surface area contributed by atoms with Crippen molar-refractivity contribution in [3.05, 3.63) is 35.4 Å². The summed E-state index contributed by atoms with van der Waals surface area (Å²) in [6.45, 7) is 0.368. The Hall–Kier alpha value is -2.01. The Labute approximate surface area is 141 Å². The largest absolute Gasteiger partial charge is 0.442 e. The SMILES string of the molecule is O=C(NCc1ccc(C2(C(F)(F)F)N=N2)cc1)C1CNCCS1(=O)=O. The van der Waals surface area contributed by atoms with Gasteiger partial charge in [0.15, 0.2) is 15.1 Å². The fourth-order valence-corrected chi connectivity index (χ4v) is 4.07. The first-order valence-electron chi connectivity index (χ1n) is 7.46. The van der Waals surface area contributed by atoms with Crippen LogP contribution >= 0.6 is 0 Å². The van der Waals surface area contributed by atoms with Crippen molar-refractivity contribution in [1.82, 2.24) is 10.6 Å². The molecule has 1 unspecified atom stereocenters. The van der Waals surface area contributed by atoms with Gasteiger partial charge in [0.25, 0.3) is 0 Å². The lowest BCUT2D eigenvalue weighted by molar-refractivity contribution is -0.166. The van der Waals surface area contributed by atoms with Crippen molar-refractivity contribution >= 4 is 15.7 Å². The van der Waals surface area contributed by atoms with Crippen molar-refractivity contribution in [2.24, 2.45) is 10.2 Å². The van der Waals surface area contributed by atoms with E-state index in [0.717, 1.165) is 0 Å². The first kappa shape index (κ1) is 17.8. The second-order valence-corrected chi connectivity index (χ2v) is 8.15. The molecule has 1 aromatic rings. The molecular weight excluding hydrogens is 361 g/mol. The first-order chi connectivity index (χ1) is 11.7. The van der Waals surface area contributed by atoms with Gasteiger partial charge in [0.1, 0.15) is 0 Å². The van der Waals surface area contributed by atoms with Crippen molar-refractivity contribution in [3.63, 3.8) is 0 Å². The van der Waals surface area contributed by atoms with Crippen LogP contribution in [0.3, 0.4) is 0 Å². The normalized spacial score (nSPS) is 23.9. The molecule has 7 nitrogen and oxygen atoms in total. The number of rotatable bonds is 4. The predicted octanol–water partition coefficient (Wildman–Crippen LogP) is 0.870. The van der Waals surface area contributed by atoms with E-state index in [1.807, 2.05) is 0 Å². The molecule has 25 heavy (non-hydrogen) atoms. The van der Waals surface area contributed by atoms with Crippen LogP contribution in [0.15, 0.2) is 34.5 Å². The monoisotopic (exact) mass is 376 g/mol. The number of nitrogens with zero attached hydrogens (tertiary/aromatic N) is 2. The molecule has 2 aliphatic heterocycles. The van der Waals surface area contributed by atoms with E-state index in [1.165, 1.54) is 24.3 Å². The Morgan fingerprint density at radius 1 is 1.28 bits per heavy atom. The van der Waals surface area contributed by atoms with Gasteiger partial charge in [-0.2, -0.15) is 13.2 Å². The number of carbonyl (C=O) groups is 1. The number of alkyl halides is 3. The highest BCUT2D eigenvalue weighted by Crippen LogP contribution is 2.52. The van der Waals surface area contributed by atoms with E-state index >= 15 is 0 Å². The van der Waals surface area contributed by atoms with E-state index in [1.54, 1.807) is 0 Å². The number of benzene rings is 1. The van der Waals surface area contributed by atoms with Gasteiger partial charge in [-0.05, 0) is 5.56 Å². The fraction of sp³-hybridized carbons (Fsp3) is 0.500. The summed E-state index contributed by atoms with van der Waals surface area (Å²) in [5, 5.41) is 10.4. The number of halogens is 3. The number of hydrogen-bond donors (Lipinski definition) is 2. The predicted molar refractivity (Wildman–Crippen MR) is 81.3 cm³/mol. The van der Waals surface area contributed by atoms with Crippen LogP contribution in [0.5, 0.6) is 0 Å². The van der Waals surface area contributed by atoms with Crippen molar-refractivity contribution in [3.8, 4) is 0 Å². The highest BCUT2D eigenvalue weighted by molar-refractivity contribution is 7.92. The molecule has 1 fully saturated rings. The molecule has 0 radical (unpaired) electrons. The maximum Gasteiger partial charge on any atom is 0.442 e. The van der Waals surface area contributed by atoms with Gasteiger partial charge < -0.3 is 10.6 Å². The second kappa shape index (κ2) is 6.06. The zero-order valence-corrected chi connectivity index (χ0v) is 13.7. The lowest BCUT2D eigenvalue weighted by atomic mass is 10.0. The average Bonchev–Trinajstić information content (AvgIpc) is 3.34. The highest BCUT2D eigenvalue weighted by Gasteiger charge is 2.65. The van der Waals surface area contributed by atoms with E-state index in [0.29, 0.717) is 12.1 Å². The van der Waals surface area contributed by atoms with E-state index in [2.05, 4.69) is 20.9 Å². The van der Waals surface area contributed by atoms with E-state index < -0.39 is 32.8 Å². The summed E-state index contributed by atoms with van der Waals surface area (Å²) in [7, 11) is -3.49. The molecule has 1 amide bonds. The van der Waals surface area contributed by atoms with E-state index in [-0.39, 0.29) is 24.4 Å². The van der Waals surface area contributed by atoms with Gasteiger partial charge in [0.05, 0.1) is 5.75 Å². The molecule has 0 saturated carbocycles. The summed E-state index contributed by atoms with van der Waals surface area (Å²) in [6.07, 6.45) is -4.59. The van der Waals surface area contributed by atoms with Crippen LogP contribution in [0.4, 0.5) is 13.2 Å². The number of carbonyl (C=O) groups excluding carboxylic acids is 1. The maximum absolute atomic E-state index is 12.9. The van der Waals surface area contributed by atoms with Gasteiger partial charge >= 0.3 is 11.8 Å². The lowest BCUT2D eigenvalue weighted by Gasteiger charge is -2.22. The van der Waals surface area contributed by atoms with Crippen LogP contribution in [0.2, 0.25) is 0 Å². The summed E-state index contributed by atoms with van der Waals surface area (Å²) in [4.78, 5) is 12.0. The van der Waals surface area contributed by atoms with Crippen LogP contribution in [-0.2, 0) is 26.8 Å². The Morgan fingerprint density at radius 2 is 1.92 bits per heavy atom. The average molecular weight is 376 g/mol. The van der Waals surface area contributed by atoms with Gasteiger partial charge in [-0.25, -0.2) is 8.42 Å². The van der Waals surface area contributed by atoms with Gasteiger partial charge in [-0.3, -0.25) is 4.79 Å². The molecule has 0 bridgehead atoms. The summed E-state index contributed by atoms with van der Waals surface area (Å²) < 4.78 is 62.4. The number of nitrogens with one attached hydrogen (secondary N) is 2. The third-order valence-electron chi connectivity index (χ3n) is 4.14. The fourth-order valence-electron chi connectivity index (χ4n) is 2.57. The Kier molecular flexibility index (Phi) is 4.31. The molecule has 0 aliphatic carbocycles. The molecule has 2 N–H and O–H groups in total. The minimum atomic E-state index is -4.59. The van der Waals surface area contributed by atoms with Crippen LogP contribution in [0.1, 0.15) is 11.1 Å². The Bertz CT molecular complexity index is 800. The van der Waals surface area contributed by atoms with Crippen LogP contribution in [0, 0.1) is 0 Å². The van der Waals surface area contributed by atoms with Gasteiger partial charge in [0, 0.05) is 25.2 Å². The van der Waals surface area contributed by atoms with Crippen LogP contribution in [0.25, 0.3) is 0 Å². The molecule has 0 aromatic heterocycles. The zero-order chi connectivity index (χ0) is 18.3. The molecule has 0 spiro atoms. The number of sulfone groups is 1. The topological polar surface area (TPSA) is 100.0 Å². The molecule has 2 heterocycles. The van der Waals surface area contributed by atoms with E-state index in [9.17, 15) is 26.4 Å². The van der Waals surface area contributed by atoms with Crippen LogP contribution in [-0.4, -0.2) is 44.6 Å². The maximum atomic E-state index is 12.9. The van der Waals surface area contributed by atoms with Crippen molar-refractivity contribution < 1.29 is 26.4 Å². The molecule has 1 atom stereocenters. The summed E-state index contributed by atoms with van der Waals surface area (Å²) in [5.41, 5.74) is -2.04. The summed E-state index contributed by atoms with van der Waals surface area (Å²) in [5.74, 6) is -0.734. The van der Waals surface area contributed by atoms with Crippen molar-refractivity contribution in [1.29, 1.82) is 0 Å². The van der Waals surface area contributed by atoms with Crippen molar-refractivity contribution in [2.75, 3.05) is 18.8 Å². The summed E-state index contributed by atoms with van der Waals surface area (Å²) >= 11 is 0. The third-order valence-corrected chi connectivity index (χ3v) is 6.16. The standard InChI is InChI=1S/C14H15F3N4O3S/c15-14(16,17)13(20-21-13)10-3-1-9(2-4-10)7-19-12(22)11-8-18-5-6-25(11,23)24/h1-4,11,18H,5-8H2,(H,19,22). The third kappa shape index (κ3) is 3.38. The van der Waals surface area contributed by atoms with Crippen LogP contribution < -0.4 is 10.6 Å². The Morgan fingerprint density at radius 3 is 2.44 bits per heavy atom. The molecular formula is C14H15F3N4O3S. The van der Waals surface area contributed by atoms with Gasteiger partial charge in [0.2, 0.25) is 5.91 Å². The van der Waals surface area contributed by atoms with Crippen molar-refractivity contribution in [2.45, 2.75) is 23.6 Å². The molecule has 11 heteroatoms. The number of hydrogen-bond acceptors (Lipinski definition) is 6.